The van der Waals surface area contributed by atoms with Crippen molar-refractivity contribution in [1.82, 2.24) is 4.90 Å². The van der Waals surface area contributed by atoms with Gasteiger partial charge in [-0.05, 0) is 50.6 Å². The van der Waals surface area contributed by atoms with Gasteiger partial charge in [0.2, 0.25) is 0 Å². The third-order valence-corrected chi connectivity index (χ3v) is 4.41. The van der Waals surface area contributed by atoms with Crippen molar-refractivity contribution in [3.8, 4) is 6.07 Å². The molecule has 3 rings (SSSR count). The lowest BCUT2D eigenvalue weighted by Crippen LogP contribution is -2.40. The topological polar surface area (TPSA) is 30.3 Å². The van der Waals surface area contributed by atoms with Crippen LogP contribution in [-0.2, 0) is 0 Å². The van der Waals surface area contributed by atoms with Crippen LogP contribution in [0.15, 0.2) is 24.3 Å². The maximum atomic E-state index is 8.98. The van der Waals surface area contributed by atoms with Crippen LogP contribution in [0.2, 0.25) is 0 Å². The highest BCUT2D eigenvalue weighted by atomic mass is 15.3. The van der Waals surface area contributed by atoms with Crippen molar-refractivity contribution in [1.29, 1.82) is 5.26 Å². The number of hydrogen-bond donors (Lipinski definition) is 0. The molecule has 0 N–H and O–H groups in total. The Hall–Kier alpha value is -1.53. The van der Waals surface area contributed by atoms with E-state index in [0.717, 1.165) is 18.7 Å². The fraction of sp³-hybridized carbons (Fsp3) is 0.562. The standard InChI is InChI=1S/C16H21N3/c17-12-14-5-4-6-15(11-14)19-10-7-16(13-19)18-8-2-1-3-9-18/h4-6,11,16H,1-3,7-10,13H2. The fourth-order valence-corrected chi connectivity index (χ4v) is 3.33. The van der Waals surface area contributed by atoms with Gasteiger partial charge in [0, 0.05) is 24.8 Å². The largest absolute Gasteiger partial charge is 0.370 e. The summed E-state index contributed by atoms with van der Waals surface area (Å²) in [6.07, 6.45) is 5.38. The predicted octanol–water partition coefficient (Wildman–Crippen LogP) is 2.62. The van der Waals surface area contributed by atoms with Gasteiger partial charge < -0.3 is 4.90 Å². The van der Waals surface area contributed by atoms with E-state index in [-0.39, 0.29) is 0 Å². The molecule has 0 saturated carbocycles. The lowest BCUT2D eigenvalue weighted by Gasteiger charge is -2.32. The van der Waals surface area contributed by atoms with Crippen LogP contribution >= 0.6 is 0 Å². The average Bonchev–Trinajstić information content (AvgIpc) is 2.98. The second-order valence-corrected chi connectivity index (χ2v) is 5.65. The molecule has 0 aromatic heterocycles. The number of anilines is 1. The summed E-state index contributed by atoms with van der Waals surface area (Å²) in [6.45, 7) is 4.79. The first-order valence-corrected chi connectivity index (χ1v) is 7.36. The molecule has 3 heteroatoms. The number of piperidine rings is 1. The Bertz CT molecular complexity index is 471. The van der Waals surface area contributed by atoms with E-state index in [1.54, 1.807) is 0 Å². The zero-order valence-corrected chi connectivity index (χ0v) is 11.4. The number of likely N-dealkylation sites (tertiary alicyclic amines) is 1. The fourth-order valence-electron chi connectivity index (χ4n) is 3.33. The normalized spacial score (nSPS) is 24.4. The molecule has 2 heterocycles. The van der Waals surface area contributed by atoms with Crippen molar-refractivity contribution in [3.63, 3.8) is 0 Å². The van der Waals surface area contributed by atoms with Crippen LogP contribution in [0.1, 0.15) is 31.2 Å². The van der Waals surface area contributed by atoms with E-state index in [9.17, 15) is 0 Å². The Morgan fingerprint density at radius 2 is 1.95 bits per heavy atom. The van der Waals surface area contributed by atoms with E-state index in [1.165, 1.54) is 44.5 Å². The Morgan fingerprint density at radius 3 is 2.74 bits per heavy atom. The second-order valence-electron chi connectivity index (χ2n) is 5.65. The molecule has 19 heavy (non-hydrogen) atoms. The summed E-state index contributed by atoms with van der Waals surface area (Å²) < 4.78 is 0. The molecule has 2 fully saturated rings. The van der Waals surface area contributed by atoms with Gasteiger partial charge in [0.05, 0.1) is 11.6 Å². The van der Waals surface area contributed by atoms with E-state index in [4.69, 9.17) is 5.26 Å². The van der Waals surface area contributed by atoms with E-state index in [2.05, 4.69) is 21.9 Å². The summed E-state index contributed by atoms with van der Waals surface area (Å²) in [5.41, 5.74) is 1.97. The van der Waals surface area contributed by atoms with Gasteiger partial charge >= 0.3 is 0 Å². The number of nitrogens with zero attached hydrogens (tertiary/aromatic N) is 3. The molecule has 2 aliphatic rings. The van der Waals surface area contributed by atoms with Crippen molar-refractivity contribution in [2.45, 2.75) is 31.7 Å². The summed E-state index contributed by atoms with van der Waals surface area (Å²) in [5.74, 6) is 0. The molecule has 2 aliphatic heterocycles. The third-order valence-electron chi connectivity index (χ3n) is 4.41. The molecular weight excluding hydrogens is 234 g/mol. The number of hydrogen-bond acceptors (Lipinski definition) is 3. The number of nitriles is 1. The molecule has 0 bridgehead atoms. The summed E-state index contributed by atoms with van der Waals surface area (Å²) in [5, 5.41) is 8.98. The van der Waals surface area contributed by atoms with Gasteiger partial charge in [0.15, 0.2) is 0 Å². The van der Waals surface area contributed by atoms with Crippen LogP contribution < -0.4 is 4.90 Å². The van der Waals surface area contributed by atoms with Crippen molar-refractivity contribution in [2.75, 3.05) is 31.1 Å². The molecule has 0 aliphatic carbocycles. The van der Waals surface area contributed by atoms with E-state index in [0.29, 0.717) is 6.04 Å². The van der Waals surface area contributed by atoms with Crippen molar-refractivity contribution < 1.29 is 0 Å². The van der Waals surface area contributed by atoms with Crippen LogP contribution in [0.5, 0.6) is 0 Å². The quantitative estimate of drug-likeness (QED) is 0.814. The van der Waals surface area contributed by atoms with Crippen molar-refractivity contribution in [3.05, 3.63) is 29.8 Å². The van der Waals surface area contributed by atoms with Gasteiger partial charge in [-0.1, -0.05) is 12.5 Å². The molecule has 1 atom stereocenters. The zero-order valence-electron chi connectivity index (χ0n) is 11.4. The minimum Gasteiger partial charge on any atom is -0.370 e. The lowest BCUT2D eigenvalue weighted by atomic mass is 10.1. The smallest absolute Gasteiger partial charge is 0.0992 e. The van der Waals surface area contributed by atoms with Gasteiger partial charge in [0.1, 0.15) is 0 Å². The molecule has 3 nitrogen and oxygen atoms in total. The summed E-state index contributed by atoms with van der Waals surface area (Å²) in [6, 6.07) is 10.9. The summed E-state index contributed by atoms with van der Waals surface area (Å²) in [7, 11) is 0. The van der Waals surface area contributed by atoms with Gasteiger partial charge in [-0.2, -0.15) is 5.26 Å². The lowest BCUT2D eigenvalue weighted by molar-refractivity contribution is 0.175. The van der Waals surface area contributed by atoms with Crippen LogP contribution in [0.3, 0.4) is 0 Å². The second kappa shape index (κ2) is 5.63. The Balaban J connectivity index is 1.66. The van der Waals surface area contributed by atoms with E-state index < -0.39 is 0 Å². The Kier molecular flexibility index (Phi) is 3.70. The molecule has 2 saturated heterocycles. The number of benzene rings is 1. The monoisotopic (exact) mass is 255 g/mol. The molecular formula is C16H21N3. The van der Waals surface area contributed by atoms with Gasteiger partial charge in [-0.15, -0.1) is 0 Å². The Labute approximate surface area is 115 Å². The molecule has 1 unspecified atom stereocenters. The highest BCUT2D eigenvalue weighted by molar-refractivity contribution is 5.52. The maximum absolute atomic E-state index is 8.98. The molecule has 0 amide bonds. The van der Waals surface area contributed by atoms with Gasteiger partial charge in [0.25, 0.3) is 0 Å². The van der Waals surface area contributed by atoms with Gasteiger partial charge in [-0.25, -0.2) is 0 Å². The first kappa shape index (κ1) is 12.5. The Morgan fingerprint density at radius 1 is 1.11 bits per heavy atom. The minimum absolute atomic E-state index is 0.714. The minimum atomic E-state index is 0.714. The van der Waals surface area contributed by atoms with Crippen LogP contribution in [-0.4, -0.2) is 37.1 Å². The highest BCUT2D eigenvalue weighted by Crippen LogP contribution is 2.25. The van der Waals surface area contributed by atoms with E-state index >= 15 is 0 Å². The molecule has 1 aromatic carbocycles. The summed E-state index contributed by atoms with van der Waals surface area (Å²) in [4.78, 5) is 5.09. The SMILES string of the molecule is N#Cc1cccc(N2CCC(N3CCCCC3)C2)c1. The van der Waals surface area contributed by atoms with Crippen LogP contribution in [0.25, 0.3) is 0 Å². The molecule has 1 aromatic rings. The summed E-state index contributed by atoms with van der Waals surface area (Å²) >= 11 is 0. The van der Waals surface area contributed by atoms with E-state index in [1.807, 2.05) is 18.2 Å². The zero-order chi connectivity index (χ0) is 13.1. The molecule has 100 valence electrons. The molecule has 0 spiro atoms. The van der Waals surface area contributed by atoms with Gasteiger partial charge in [-0.3, -0.25) is 4.90 Å². The number of rotatable bonds is 2. The molecule has 0 radical (unpaired) electrons. The highest BCUT2D eigenvalue weighted by Gasteiger charge is 2.28. The average molecular weight is 255 g/mol. The first-order valence-electron chi connectivity index (χ1n) is 7.36. The predicted molar refractivity (Wildman–Crippen MR) is 77.2 cm³/mol. The third kappa shape index (κ3) is 2.74. The maximum Gasteiger partial charge on any atom is 0.0992 e. The van der Waals surface area contributed by atoms with Crippen LogP contribution in [0.4, 0.5) is 5.69 Å². The van der Waals surface area contributed by atoms with Crippen molar-refractivity contribution >= 4 is 5.69 Å². The first-order chi connectivity index (χ1) is 9.36. The van der Waals surface area contributed by atoms with Crippen molar-refractivity contribution in [2.24, 2.45) is 0 Å². The van der Waals surface area contributed by atoms with Crippen LogP contribution in [0, 0.1) is 11.3 Å².